The van der Waals surface area contributed by atoms with Crippen molar-refractivity contribution in [2.24, 2.45) is 17.8 Å². The second-order valence-corrected chi connectivity index (χ2v) is 10.1. The normalized spacial score (nSPS) is 50.2. The minimum Gasteiger partial charge on any atom is -0.115 e. The fraction of sp³-hybridized carbons (Fsp3) is 0.800. The van der Waals surface area contributed by atoms with Crippen LogP contribution in [-0.2, 0) is 0 Å². The van der Waals surface area contributed by atoms with Crippen LogP contribution in [-0.4, -0.2) is 17.9 Å². The smallest absolute Gasteiger partial charge is 0.115 e. The van der Waals surface area contributed by atoms with E-state index in [-0.39, 0.29) is 11.8 Å². The van der Waals surface area contributed by atoms with Gasteiger partial charge in [0.15, 0.2) is 13.0 Å². The standard InChI is InChI=1S/C10H6Cl8/c11-5-2-3-1-4(5)7(12)6(3)8(13,14)10(17,18)9(7,15)16/h2-4,6H,1H2. The van der Waals surface area contributed by atoms with Gasteiger partial charge in [-0.05, 0) is 12.3 Å². The maximum Gasteiger partial charge on any atom is 0.185 e. The molecule has 0 aromatic carbocycles. The molecule has 3 aliphatic carbocycles. The molecule has 102 valence electrons. The van der Waals surface area contributed by atoms with Crippen LogP contribution in [0.1, 0.15) is 6.42 Å². The zero-order valence-corrected chi connectivity index (χ0v) is 14.6. The molecule has 0 heterocycles. The van der Waals surface area contributed by atoms with Crippen LogP contribution in [0.3, 0.4) is 0 Å². The monoisotopic (exact) mass is 406 g/mol. The Hall–Kier alpha value is 2.06. The van der Waals surface area contributed by atoms with Gasteiger partial charge in [-0.15, -0.1) is 11.6 Å². The molecule has 0 aliphatic heterocycles. The van der Waals surface area contributed by atoms with E-state index in [1.807, 2.05) is 6.08 Å². The number of fused-ring (bicyclic) bond motifs is 5. The summed E-state index contributed by atoms with van der Waals surface area (Å²) in [7, 11) is 0. The molecular weight excluding hydrogens is 404 g/mol. The number of allylic oxidation sites excluding steroid dienone is 2. The summed E-state index contributed by atoms with van der Waals surface area (Å²) < 4.78 is -5.04. The Labute approximate surface area is 145 Å². The maximum atomic E-state index is 6.69. The summed E-state index contributed by atoms with van der Waals surface area (Å²) >= 11 is 50.8. The predicted molar refractivity (Wildman–Crippen MR) is 80.9 cm³/mol. The van der Waals surface area contributed by atoms with Gasteiger partial charge in [0.05, 0.1) is 4.87 Å². The highest BCUT2D eigenvalue weighted by Gasteiger charge is 2.86. The molecule has 0 amide bonds. The van der Waals surface area contributed by atoms with E-state index < -0.39 is 23.8 Å². The predicted octanol–water partition coefficient (Wildman–Crippen LogP) is 5.89. The largest absolute Gasteiger partial charge is 0.185 e. The van der Waals surface area contributed by atoms with Gasteiger partial charge in [-0.25, -0.2) is 0 Å². The van der Waals surface area contributed by atoms with Crippen molar-refractivity contribution in [2.45, 2.75) is 24.3 Å². The molecule has 3 aliphatic rings. The number of hydrogen-bond donors (Lipinski definition) is 0. The van der Waals surface area contributed by atoms with Crippen molar-refractivity contribution in [1.82, 2.24) is 0 Å². The molecule has 0 spiro atoms. The van der Waals surface area contributed by atoms with Crippen LogP contribution in [0.2, 0.25) is 0 Å². The average Bonchev–Trinajstić information content (AvgIpc) is 2.73. The highest BCUT2D eigenvalue weighted by Crippen LogP contribution is 2.80. The van der Waals surface area contributed by atoms with Crippen LogP contribution in [0, 0.1) is 17.8 Å². The van der Waals surface area contributed by atoms with Crippen LogP contribution in [0.15, 0.2) is 11.1 Å². The van der Waals surface area contributed by atoms with Gasteiger partial charge < -0.3 is 0 Å². The van der Waals surface area contributed by atoms with Gasteiger partial charge in [0.2, 0.25) is 0 Å². The topological polar surface area (TPSA) is 0 Å². The third kappa shape index (κ3) is 1.32. The van der Waals surface area contributed by atoms with E-state index in [0.29, 0.717) is 11.5 Å². The second kappa shape index (κ2) is 3.87. The van der Waals surface area contributed by atoms with Gasteiger partial charge in [0, 0.05) is 16.9 Å². The molecule has 0 radical (unpaired) electrons. The van der Waals surface area contributed by atoms with E-state index in [1.165, 1.54) is 0 Å². The minimum atomic E-state index is -1.79. The molecule has 2 saturated carbocycles. The summed E-state index contributed by atoms with van der Waals surface area (Å²) in [6, 6.07) is 0. The van der Waals surface area contributed by atoms with Gasteiger partial charge >= 0.3 is 0 Å². The van der Waals surface area contributed by atoms with Crippen LogP contribution in [0.25, 0.3) is 0 Å². The van der Waals surface area contributed by atoms with E-state index in [1.54, 1.807) is 0 Å². The molecule has 18 heavy (non-hydrogen) atoms. The number of halogens is 8. The van der Waals surface area contributed by atoms with E-state index >= 15 is 0 Å². The fourth-order valence-electron chi connectivity index (χ4n) is 3.50. The first-order valence-corrected chi connectivity index (χ1v) is 8.21. The van der Waals surface area contributed by atoms with Crippen LogP contribution in [0.4, 0.5) is 0 Å². The van der Waals surface area contributed by atoms with Crippen LogP contribution < -0.4 is 0 Å². The first kappa shape index (κ1) is 15.0. The molecule has 0 aromatic heterocycles. The fourth-order valence-corrected chi connectivity index (χ4v) is 7.35. The molecule has 2 fully saturated rings. The van der Waals surface area contributed by atoms with E-state index in [2.05, 4.69) is 0 Å². The molecule has 0 nitrogen and oxygen atoms in total. The Morgan fingerprint density at radius 2 is 1.50 bits per heavy atom. The maximum absolute atomic E-state index is 6.69. The minimum absolute atomic E-state index is 0.0220. The molecule has 8 heteroatoms. The van der Waals surface area contributed by atoms with Gasteiger partial charge in [0.25, 0.3) is 0 Å². The quantitative estimate of drug-likeness (QED) is 0.438. The Morgan fingerprint density at radius 3 is 2.06 bits per heavy atom. The van der Waals surface area contributed by atoms with Gasteiger partial charge in [-0.1, -0.05) is 87.3 Å². The Kier molecular flexibility index (Phi) is 3.22. The van der Waals surface area contributed by atoms with Crippen LogP contribution >= 0.6 is 92.8 Å². The summed E-state index contributed by atoms with van der Waals surface area (Å²) in [5, 5.41) is 0.618. The van der Waals surface area contributed by atoms with Crippen molar-refractivity contribution in [1.29, 1.82) is 0 Å². The number of alkyl halides is 7. The Balaban J connectivity index is 2.26. The lowest BCUT2D eigenvalue weighted by Gasteiger charge is -2.40. The Bertz CT molecular complexity index is 453. The third-order valence-corrected chi connectivity index (χ3v) is 9.82. The van der Waals surface area contributed by atoms with Crippen molar-refractivity contribution >= 4 is 92.8 Å². The molecule has 2 bridgehead atoms. The molecular formula is C10H6Cl8. The third-order valence-electron chi connectivity index (χ3n) is 4.29. The first-order chi connectivity index (χ1) is 7.99. The Morgan fingerprint density at radius 1 is 0.944 bits per heavy atom. The van der Waals surface area contributed by atoms with Crippen LogP contribution in [0.5, 0.6) is 0 Å². The number of rotatable bonds is 0. The lowest BCUT2D eigenvalue weighted by Crippen LogP contribution is -2.51. The molecule has 4 unspecified atom stereocenters. The van der Waals surface area contributed by atoms with Crippen molar-refractivity contribution in [3.63, 3.8) is 0 Å². The SMILES string of the molecule is ClC1=CC2CC1C1(Cl)C2C(Cl)(Cl)C(Cl)(Cl)C1(Cl)Cl. The molecule has 3 rings (SSSR count). The highest BCUT2D eigenvalue weighted by atomic mass is 35.5. The summed E-state index contributed by atoms with van der Waals surface area (Å²) in [5.41, 5.74) is 0. The van der Waals surface area contributed by atoms with Crippen molar-refractivity contribution < 1.29 is 0 Å². The lowest BCUT2D eigenvalue weighted by atomic mass is 9.84. The summed E-state index contributed by atoms with van der Waals surface area (Å²) in [5.74, 6) is -0.708. The van der Waals surface area contributed by atoms with Crippen molar-refractivity contribution in [3.8, 4) is 0 Å². The van der Waals surface area contributed by atoms with E-state index in [9.17, 15) is 0 Å². The van der Waals surface area contributed by atoms with Gasteiger partial charge in [0.1, 0.15) is 0 Å². The molecule has 4 atom stereocenters. The van der Waals surface area contributed by atoms with Gasteiger partial charge in [-0.3, -0.25) is 0 Å². The molecule has 0 saturated heterocycles. The molecule has 0 aromatic rings. The summed E-state index contributed by atoms with van der Waals surface area (Å²) in [6.07, 6.45) is 2.59. The lowest BCUT2D eigenvalue weighted by molar-refractivity contribution is 0.375. The number of hydrogen-bond acceptors (Lipinski definition) is 0. The highest BCUT2D eigenvalue weighted by molar-refractivity contribution is 6.73. The average molecular weight is 410 g/mol. The zero-order valence-electron chi connectivity index (χ0n) is 8.54. The summed E-state index contributed by atoms with van der Waals surface area (Å²) in [6.45, 7) is 0. The molecule has 0 N–H and O–H groups in total. The second-order valence-electron chi connectivity index (χ2n) is 5.02. The van der Waals surface area contributed by atoms with Crippen molar-refractivity contribution in [3.05, 3.63) is 11.1 Å². The van der Waals surface area contributed by atoms with E-state index in [0.717, 1.165) is 0 Å². The van der Waals surface area contributed by atoms with Gasteiger partial charge in [-0.2, -0.15) is 0 Å². The summed E-state index contributed by atoms with van der Waals surface area (Å²) in [4.78, 5) is -1.17. The first-order valence-electron chi connectivity index (χ1n) is 5.19. The van der Waals surface area contributed by atoms with Crippen molar-refractivity contribution in [2.75, 3.05) is 0 Å². The zero-order chi connectivity index (χ0) is 13.7. The van der Waals surface area contributed by atoms with E-state index in [4.69, 9.17) is 92.8 Å².